The maximum Gasteiger partial charge on any atom is 0.281 e. The molecule has 0 aliphatic carbocycles. The molecular formula is C32H36FN5O4S. The molecule has 4 aromatic rings. The smallest absolute Gasteiger partial charge is 0.281 e. The molecule has 43 heavy (non-hydrogen) atoms. The van der Waals surface area contributed by atoms with Crippen molar-refractivity contribution in [2.24, 2.45) is 11.8 Å². The number of halogens is 1. The fraction of sp³-hybridized carbons (Fsp3) is 0.281. The molecule has 5 rings (SSSR count). The van der Waals surface area contributed by atoms with Crippen molar-refractivity contribution in [3.63, 3.8) is 0 Å². The number of ether oxygens (including phenoxy) is 1. The Bertz CT molecular complexity index is 1720. The highest BCUT2D eigenvalue weighted by Crippen LogP contribution is 2.32. The molecule has 2 aromatic heterocycles. The van der Waals surface area contributed by atoms with Crippen molar-refractivity contribution in [3.8, 4) is 17.0 Å². The van der Waals surface area contributed by atoms with Crippen LogP contribution in [0.15, 0.2) is 83.9 Å². The van der Waals surface area contributed by atoms with E-state index in [0.717, 1.165) is 12.8 Å². The number of nitrogen functional groups attached to an aromatic ring is 1. The Morgan fingerprint density at radius 2 is 1.88 bits per heavy atom. The Hall–Kier alpha value is -4.51. The van der Waals surface area contributed by atoms with Gasteiger partial charge < -0.3 is 15.4 Å². The van der Waals surface area contributed by atoms with Gasteiger partial charge in [0.15, 0.2) is 5.03 Å². The van der Waals surface area contributed by atoms with Gasteiger partial charge in [0.2, 0.25) is 0 Å². The fourth-order valence-corrected chi connectivity index (χ4v) is 5.98. The number of sulfonamides is 1. The summed E-state index contributed by atoms with van der Waals surface area (Å²) in [7, 11) is -4.31. The van der Waals surface area contributed by atoms with Gasteiger partial charge in [0.1, 0.15) is 23.2 Å². The van der Waals surface area contributed by atoms with Crippen LogP contribution in [0.1, 0.15) is 37.6 Å². The minimum Gasteiger partial charge on any atom is -0.493 e. The van der Waals surface area contributed by atoms with E-state index in [9.17, 15) is 17.6 Å². The number of nitrogens with one attached hydrogen (secondary N) is 1. The van der Waals surface area contributed by atoms with Crippen molar-refractivity contribution in [2.45, 2.75) is 31.7 Å². The molecule has 2 aromatic carbocycles. The van der Waals surface area contributed by atoms with E-state index in [-0.39, 0.29) is 23.8 Å². The molecule has 11 heteroatoms. The van der Waals surface area contributed by atoms with E-state index < -0.39 is 21.7 Å². The first-order valence-corrected chi connectivity index (χ1v) is 15.6. The summed E-state index contributed by atoms with van der Waals surface area (Å²) in [6.45, 7) is 5.65. The Morgan fingerprint density at radius 1 is 1.09 bits per heavy atom. The van der Waals surface area contributed by atoms with Crippen LogP contribution in [-0.2, 0) is 16.4 Å². The van der Waals surface area contributed by atoms with Gasteiger partial charge in [-0.2, -0.15) is 8.42 Å². The van der Waals surface area contributed by atoms with Crippen molar-refractivity contribution in [1.29, 1.82) is 0 Å². The molecule has 0 bridgehead atoms. The van der Waals surface area contributed by atoms with E-state index >= 15 is 0 Å². The summed E-state index contributed by atoms with van der Waals surface area (Å²) >= 11 is 0. The van der Waals surface area contributed by atoms with E-state index in [2.05, 4.69) is 21.8 Å². The molecule has 1 saturated heterocycles. The van der Waals surface area contributed by atoms with Crippen LogP contribution >= 0.6 is 0 Å². The number of benzene rings is 2. The molecule has 1 unspecified atom stereocenters. The largest absolute Gasteiger partial charge is 0.493 e. The molecular weight excluding hydrogens is 569 g/mol. The minimum atomic E-state index is -4.31. The molecule has 3 heterocycles. The molecule has 1 aliphatic heterocycles. The Kier molecular flexibility index (Phi) is 8.91. The van der Waals surface area contributed by atoms with Crippen LogP contribution in [0, 0.1) is 17.7 Å². The number of hydrogen-bond acceptors (Lipinski definition) is 8. The number of nitrogens with two attached hydrogens (primary N) is 1. The number of aromatic nitrogens is 2. The first kappa shape index (κ1) is 30.0. The summed E-state index contributed by atoms with van der Waals surface area (Å²) in [5, 5.41) is -0.371. The van der Waals surface area contributed by atoms with Crippen molar-refractivity contribution in [2.75, 3.05) is 30.3 Å². The lowest BCUT2D eigenvalue weighted by atomic mass is 9.99. The van der Waals surface area contributed by atoms with Crippen LogP contribution in [-0.4, -0.2) is 44.0 Å². The third-order valence-electron chi connectivity index (χ3n) is 7.07. The maximum atomic E-state index is 14.6. The zero-order valence-electron chi connectivity index (χ0n) is 24.0. The van der Waals surface area contributed by atoms with Gasteiger partial charge in [-0.05, 0) is 66.6 Å². The van der Waals surface area contributed by atoms with Gasteiger partial charge in [0.05, 0.1) is 17.9 Å². The SMILES string of the molecule is CC(C)COc1cc(F)cc(-c2ccc(C(=O)NS(=O)(=O)c3cccc(N)n3)c(N3CCC(Cc4ccccc4)C3)n2)c1.[HH]. The lowest BCUT2D eigenvalue weighted by Crippen LogP contribution is -2.33. The summed E-state index contributed by atoms with van der Waals surface area (Å²) in [6.07, 6.45) is 1.72. The molecule has 1 aliphatic rings. The Labute approximate surface area is 252 Å². The number of rotatable bonds is 10. The standard InChI is InChI=1S/C32H34FN5O4S.H2/c1-21(2)20-42-26-17-24(16-25(33)18-26)28-12-11-27(32(39)37-43(40,41)30-10-6-9-29(34)36-30)31(35-28)38-14-13-23(19-38)15-22-7-4-3-5-8-22;/h3-12,16-18,21,23H,13-15,19-20H2,1-2H3,(H2,34,36)(H,37,39);1H. The lowest BCUT2D eigenvalue weighted by molar-refractivity contribution is 0.0981. The number of carbonyl (C=O) groups is 1. The second kappa shape index (κ2) is 12.8. The van der Waals surface area contributed by atoms with Crippen molar-refractivity contribution in [3.05, 3.63) is 95.8 Å². The van der Waals surface area contributed by atoms with E-state index in [1.54, 1.807) is 12.1 Å². The van der Waals surface area contributed by atoms with Gasteiger partial charge in [-0.1, -0.05) is 50.2 Å². The van der Waals surface area contributed by atoms with E-state index in [1.807, 2.05) is 36.9 Å². The second-order valence-corrected chi connectivity index (χ2v) is 12.7. The highest BCUT2D eigenvalue weighted by molar-refractivity contribution is 7.90. The summed E-state index contributed by atoms with van der Waals surface area (Å²) in [5.74, 6) is -0.0817. The van der Waals surface area contributed by atoms with Crippen molar-refractivity contribution in [1.82, 2.24) is 14.7 Å². The number of hydrogen-bond donors (Lipinski definition) is 2. The third-order valence-corrected chi connectivity index (χ3v) is 8.30. The monoisotopic (exact) mass is 605 g/mol. The summed E-state index contributed by atoms with van der Waals surface area (Å²) in [5.41, 5.74) is 7.84. The fourth-order valence-electron chi connectivity index (χ4n) is 5.03. The van der Waals surface area contributed by atoms with Crippen LogP contribution < -0.4 is 20.1 Å². The quantitative estimate of drug-likeness (QED) is 0.248. The Morgan fingerprint density at radius 3 is 2.63 bits per heavy atom. The van der Waals surface area contributed by atoms with E-state index in [4.69, 9.17) is 15.5 Å². The molecule has 1 amide bonds. The molecule has 3 N–H and O–H groups in total. The maximum absolute atomic E-state index is 14.6. The van der Waals surface area contributed by atoms with Gasteiger partial charge >= 0.3 is 0 Å². The zero-order chi connectivity index (χ0) is 30.6. The molecule has 0 radical (unpaired) electrons. The second-order valence-electron chi connectivity index (χ2n) is 11.1. The number of nitrogens with zero attached hydrogens (tertiary/aromatic N) is 3. The summed E-state index contributed by atoms with van der Waals surface area (Å²) in [4.78, 5) is 24.1. The molecule has 0 spiro atoms. The first-order valence-electron chi connectivity index (χ1n) is 14.1. The molecule has 9 nitrogen and oxygen atoms in total. The molecule has 1 fully saturated rings. The molecule has 0 saturated carbocycles. The molecule has 226 valence electrons. The van der Waals surface area contributed by atoms with Crippen LogP contribution in [0.25, 0.3) is 11.3 Å². The van der Waals surface area contributed by atoms with Crippen LogP contribution in [0.2, 0.25) is 0 Å². The Balaban J connectivity index is 0.00000442. The summed E-state index contributed by atoms with van der Waals surface area (Å²) in [6, 6.07) is 21.8. The van der Waals surface area contributed by atoms with Crippen molar-refractivity contribution < 1.29 is 23.8 Å². The zero-order valence-corrected chi connectivity index (χ0v) is 24.9. The minimum absolute atomic E-state index is 0. The van der Waals surface area contributed by atoms with Crippen LogP contribution in [0.4, 0.5) is 16.0 Å². The third kappa shape index (κ3) is 7.47. The predicted octanol–water partition coefficient (Wildman–Crippen LogP) is 5.33. The highest BCUT2D eigenvalue weighted by atomic mass is 32.2. The topological polar surface area (TPSA) is 128 Å². The number of amides is 1. The summed E-state index contributed by atoms with van der Waals surface area (Å²) < 4.78 is 48.5. The first-order chi connectivity index (χ1) is 20.6. The van der Waals surface area contributed by atoms with Gasteiger partial charge in [0.25, 0.3) is 15.9 Å². The average Bonchev–Trinajstić information content (AvgIpc) is 3.44. The highest BCUT2D eigenvalue weighted by Gasteiger charge is 2.29. The molecule has 1 atom stereocenters. The van der Waals surface area contributed by atoms with E-state index in [1.165, 1.54) is 42.0 Å². The van der Waals surface area contributed by atoms with Crippen LogP contribution in [0.3, 0.4) is 0 Å². The van der Waals surface area contributed by atoms with Crippen molar-refractivity contribution >= 4 is 27.6 Å². The lowest BCUT2D eigenvalue weighted by Gasteiger charge is -2.22. The number of anilines is 2. The van der Waals surface area contributed by atoms with Gasteiger partial charge in [-0.25, -0.2) is 19.1 Å². The normalized spacial score (nSPS) is 15.1. The average molecular weight is 606 g/mol. The van der Waals surface area contributed by atoms with Gasteiger partial charge in [-0.3, -0.25) is 4.79 Å². The number of carbonyl (C=O) groups excluding carboxylic acids is 1. The van der Waals surface area contributed by atoms with Crippen LogP contribution in [0.5, 0.6) is 5.75 Å². The van der Waals surface area contributed by atoms with E-state index in [0.29, 0.717) is 48.4 Å². The van der Waals surface area contributed by atoms with Gasteiger partial charge in [0, 0.05) is 26.1 Å². The van der Waals surface area contributed by atoms with Gasteiger partial charge in [-0.15, -0.1) is 0 Å². The predicted molar refractivity (Wildman–Crippen MR) is 166 cm³/mol. The number of pyridine rings is 2.